The molecule has 2 rings (SSSR count). The fraction of sp³-hybridized carbons (Fsp3) is 0.188. The highest BCUT2D eigenvalue weighted by atomic mass is 32.1. The third kappa shape index (κ3) is 3.54. The first-order valence-electron chi connectivity index (χ1n) is 6.40. The molecule has 4 heteroatoms. The molecule has 2 N–H and O–H groups in total. The second-order valence-electron chi connectivity index (χ2n) is 4.47. The first kappa shape index (κ1) is 14.5. The molecule has 2 aromatic carbocycles. The van der Waals surface area contributed by atoms with Crippen molar-refractivity contribution in [2.45, 2.75) is 20.0 Å². The van der Waals surface area contributed by atoms with Crippen LogP contribution in [0.15, 0.2) is 42.5 Å². The van der Waals surface area contributed by atoms with Crippen LogP contribution in [0.5, 0.6) is 5.75 Å². The van der Waals surface area contributed by atoms with E-state index in [-0.39, 0.29) is 10.7 Å². The Hall–Kier alpha value is -1.94. The number of aryl methyl sites for hydroxylation is 1. The first-order chi connectivity index (χ1) is 9.60. The zero-order chi connectivity index (χ0) is 14.5. The number of hydrogen-bond donors (Lipinski definition) is 1. The van der Waals surface area contributed by atoms with Gasteiger partial charge in [0.1, 0.15) is 11.6 Å². The van der Waals surface area contributed by atoms with Crippen LogP contribution >= 0.6 is 12.2 Å². The molecule has 0 fully saturated rings. The van der Waals surface area contributed by atoms with Gasteiger partial charge in [0, 0.05) is 5.56 Å². The van der Waals surface area contributed by atoms with Crippen molar-refractivity contribution < 1.29 is 9.13 Å². The molecule has 0 aliphatic rings. The Balaban J connectivity index is 2.04. The standard InChI is InChI=1S/C16H16FNOS/c1-2-11-3-5-12(6-4-11)10-19-15-8-7-13(16(18)20)9-14(15)17/h3-9H,2,10H2,1H3,(H2,18,20). The fourth-order valence-electron chi connectivity index (χ4n) is 1.80. The van der Waals surface area contributed by atoms with Crippen LogP contribution in [-0.4, -0.2) is 4.99 Å². The average Bonchev–Trinajstić information content (AvgIpc) is 2.46. The second-order valence-corrected chi connectivity index (χ2v) is 4.91. The molecule has 0 aliphatic carbocycles. The maximum Gasteiger partial charge on any atom is 0.165 e. The van der Waals surface area contributed by atoms with Crippen LogP contribution in [0.3, 0.4) is 0 Å². The molecule has 0 atom stereocenters. The van der Waals surface area contributed by atoms with Crippen LogP contribution < -0.4 is 10.5 Å². The Morgan fingerprint density at radius 1 is 1.15 bits per heavy atom. The SMILES string of the molecule is CCc1ccc(COc2ccc(C(N)=S)cc2F)cc1. The minimum absolute atomic E-state index is 0.172. The summed E-state index contributed by atoms with van der Waals surface area (Å²) < 4.78 is 19.3. The van der Waals surface area contributed by atoms with E-state index in [1.165, 1.54) is 11.6 Å². The van der Waals surface area contributed by atoms with Crippen LogP contribution in [0.25, 0.3) is 0 Å². The molecule has 2 nitrogen and oxygen atoms in total. The Labute approximate surface area is 123 Å². The van der Waals surface area contributed by atoms with E-state index in [0.29, 0.717) is 12.2 Å². The summed E-state index contributed by atoms with van der Waals surface area (Å²) in [7, 11) is 0. The summed E-state index contributed by atoms with van der Waals surface area (Å²) in [5.74, 6) is -0.259. The summed E-state index contributed by atoms with van der Waals surface area (Å²) in [6.07, 6.45) is 0.996. The highest BCUT2D eigenvalue weighted by molar-refractivity contribution is 7.80. The van der Waals surface area contributed by atoms with Crippen molar-refractivity contribution in [2.24, 2.45) is 5.73 Å². The summed E-state index contributed by atoms with van der Waals surface area (Å²) in [6, 6.07) is 12.6. The van der Waals surface area contributed by atoms with Gasteiger partial charge in [-0.15, -0.1) is 0 Å². The average molecular weight is 289 g/mol. The number of hydrogen-bond acceptors (Lipinski definition) is 2. The Kier molecular flexibility index (Phi) is 4.69. The third-order valence-corrected chi connectivity index (χ3v) is 3.28. The predicted octanol–water partition coefficient (Wildman–Crippen LogP) is 3.60. The molecule has 0 unspecified atom stereocenters. The van der Waals surface area contributed by atoms with Crippen molar-refractivity contribution in [2.75, 3.05) is 0 Å². The molecule has 0 aromatic heterocycles. The molecule has 0 radical (unpaired) electrons. The maximum absolute atomic E-state index is 13.8. The number of ether oxygens (including phenoxy) is 1. The second kappa shape index (κ2) is 6.48. The minimum atomic E-state index is -0.458. The van der Waals surface area contributed by atoms with E-state index in [0.717, 1.165) is 12.0 Å². The van der Waals surface area contributed by atoms with E-state index in [9.17, 15) is 4.39 Å². The van der Waals surface area contributed by atoms with Gasteiger partial charge < -0.3 is 10.5 Å². The predicted molar refractivity (Wildman–Crippen MR) is 82.4 cm³/mol. The van der Waals surface area contributed by atoms with Gasteiger partial charge in [-0.25, -0.2) is 4.39 Å². The van der Waals surface area contributed by atoms with Gasteiger partial charge in [-0.05, 0) is 35.7 Å². The lowest BCUT2D eigenvalue weighted by molar-refractivity contribution is 0.290. The van der Waals surface area contributed by atoms with Crippen molar-refractivity contribution in [3.63, 3.8) is 0 Å². The Morgan fingerprint density at radius 3 is 2.35 bits per heavy atom. The lowest BCUT2D eigenvalue weighted by Crippen LogP contribution is -2.09. The number of thiocarbonyl (C=S) groups is 1. The van der Waals surface area contributed by atoms with Crippen molar-refractivity contribution in [1.29, 1.82) is 0 Å². The molecule has 104 valence electrons. The van der Waals surface area contributed by atoms with Crippen molar-refractivity contribution >= 4 is 17.2 Å². The molecular formula is C16H16FNOS. The van der Waals surface area contributed by atoms with Gasteiger partial charge in [0.05, 0.1) is 0 Å². The van der Waals surface area contributed by atoms with Crippen molar-refractivity contribution in [3.8, 4) is 5.75 Å². The van der Waals surface area contributed by atoms with E-state index in [1.807, 2.05) is 24.3 Å². The molecular weight excluding hydrogens is 273 g/mol. The lowest BCUT2D eigenvalue weighted by atomic mass is 10.1. The molecule has 20 heavy (non-hydrogen) atoms. The Bertz CT molecular complexity index is 610. The van der Waals surface area contributed by atoms with Crippen LogP contribution in [0.1, 0.15) is 23.6 Å². The van der Waals surface area contributed by atoms with Gasteiger partial charge in [0.25, 0.3) is 0 Å². The maximum atomic E-state index is 13.8. The molecule has 0 amide bonds. The highest BCUT2D eigenvalue weighted by Crippen LogP contribution is 2.20. The van der Waals surface area contributed by atoms with Gasteiger partial charge in [0.2, 0.25) is 0 Å². The fourth-order valence-corrected chi connectivity index (χ4v) is 1.93. The van der Waals surface area contributed by atoms with Crippen molar-refractivity contribution in [3.05, 3.63) is 65.0 Å². The van der Waals surface area contributed by atoms with E-state index in [2.05, 4.69) is 6.92 Å². The smallest absolute Gasteiger partial charge is 0.165 e. The normalized spacial score (nSPS) is 10.3. The molecule has 0 bridgehead atoms. The summed E-state index contributed by atoms with van der Waals surface area (Å²) in [4.78, 5) is 0.172. The molecule has 0 saturated heterocycles. The number of benzene rings is 2. The van der Waals surface area contributed by atoms with Gasteiger partial charge in [-0.1, -0.05) is 43.4 Å². The van der Waals surface area contributed by atoms with Gasteiger partial charge >= 0.3 is 0 Å². The zero-order valence-corrected chi connectivity index (χ0v) is 12.0. The molecule has 0 aliphatic heterocycles. The summed E-state index contributed by atoms with van der Waals surface area (Å²) in [5.41, 5.74) is 8.21. The number of halogens is 1. The highest BCUT2D eigenvalue weighted by Gasteiger charge is 2.06. The molecule has 2 aromatic rings. The van der Waals surface area contributed by atoms with Crippen molar-refractivity contribution in [1.82, 2.24) is 0 Å². The van der Waals surface area contributed by atoms with E-state index >= 15 is 0 Å². The molecule has 0 heterocycles. The largest absolute Gasteiger partial charge is 0.486 e. The number of rotatable bonds is 5. The number of nitrogens with two attached hydrogens (primary N) is 1. The quantitative estimate of drug-likeness (QED) is 0.854. The lowest BCUT2D eigenvalue weighted by Gasteiger charge is -2.09. The van der Waals surface area contributed by atoms with Gasteiger partial charge in [0.15, 0.2) is 11.6 Å². The van der Waals surface area contributed by atoms with E-state index in [4.69, 9.17) is 22.7 Å². The molecule has 0 saturated carbocycles. The third-order valence-electron chi connectivity index (χ3n) is 3.04. The first-order valence-corrected chi connectivity index (χ1v) is 6.81. The summed E-state index contributed by atoms with van der Waals surface area (Å²) >= 11 is 4.80. The van der Waals surface area contributed by atoms with E-state index in [1.54, 1.807) is 12.1 Å². The molecule has 0 spiro atoms. The zero-order valence-electron chi connectivity index (χ0n) is 11.2. The summed E-state index contributed by atoms with van der Waals surface area (Å²) in [5, 5.41) is 0. The van der Waals surface area contributed by atoms with Crippen LogP contribution in [-0.2, 0) is 13.0 Å². The van der Waals surface area contributed by atoms with Gasteiger partial charge in [-0.2, -0.15) is 0 Å². The minimum Gasteiger partial charge on any atom is -0.486 e. The van der Waals surface area contributed by atoms with Crippen LogP contribution in [0.2, 0.25) is 0 Å². The summed E-state index contributed by atoms with van der Waals surface area (Å²) in [6.45, 7) is 2.43. The van der Waals surface area contributed by atoms with Gasteiger partial charge in [-0.3, -0.25) is 0 Å². The van der Waals surface area contributed by atoms with Crippen LogP contribution in [0, 0.1) is 5.82 Å². The topological polar surface area (TPSA) is 35.2 Å². The monoisotopic (exact) mass is 289 g/mol. The Morgan fingerprint density at radius 2 is 1.80 bits per heavy atom. The van der Waals surface area contributed by atoms with Crippen LogP contribution in [0.4, 0.5) is 4.39 Å². The van der Waals surface area contributed by atoms with E-state index < -0.39 is 5.82 Å².